The van der Waals surface area contributed by atoms with Gasteiger partial charge in [-0.2, -0.15) is 9.97 Å². The fraction of sp³-hybridized carbons (Fsp3) is 0.450. The first-order valence-corrected chi connectivity index (χ1v) is 9.35. The Bertz CT molecular complexity index is 903. The third kappa shape index (κ3) is 4.18. The third-order valence-electron chi connectivity index (χ3n) is 4.64. The van der Waals surface area contributed by atoms with Crippen molar-refractivity contribution in [1.29, 1.82) is 0 Å². The van der Waals surface area contributed by atoms with E-state index in [2.05, 4.69) is 38.0 Å². The van der Waals surface area contributed by atoms with Crippen molar-refractivity contribution >= 4 is 22.9 Å². The number of hydrogen-bond donors (Lipinski definition) is 1. The van der Waals surface area contributed by atoms with Crippen molar-refractivity contribution in [3.63, 3.8) is 0 Å². The lowest BCUT2D eigenvalue weighted by atomic mass is 10.2. The Labute approximate surface area is 159 Å². The van der Waals surface area contributed by atoms with Gasteiger partial charge in [-0.05, 0) is 44.9 Å². The number of anilines is 2. The van der Waals surface area contributed by atoms with Gasteiger partial charge in [-0.25, -0.2) is 9.37 Å². The molecule has 1 N–H and O–H groups in total. The molecule has 0 spiro atoms. The Morgan fingerprint density at radius 1 is 1.15 bits per heavy atom. The molecule has 0 aliphatic heterocycles. The molecule has 3 aromatic rings. The van der Waals surface area contributed by atoms with E-state index in [9.17, 15) is 4.39 Å². The van der Waals surface area contributed by atoms with Crippen molar-refractivity contribution in [3.05, 3.63) is 42.0 Å². The summed E-state index contributed by atoms with van der Waals surface area (Å²) in [4.78, 5) is 16.0. The van der Waals surface area contributed by atoms with Gasteiger partial charge in [0, 0.05) is 25.7 Å². The number of nitrogens with one attached hydrogen (secondary N) is 1. The zero-order valence-electron chi connectivity index (χ0n) is 16.6. The second-order valence-electron chi connectivity index (χ2n) is 7.22. The van der Waals surface area contributed by atoms with Gasteiger partial charge in [0.1, 0.15) is 5.82 Å². The molecule has 6 nitrogen and oxygen atoms in total. The maximum absolute atomic E-state index is 13.2. The normalized spacial score (nSPS) is 12.6. The van der Waals surface area contributed by atoms with Gasteiger partial charge in [-0.15, -0.1) is 0 Å². The molecular weight excluding hydrogens is 343 g/mol. The standard InChI is InChI=1S/C20H27FN6/c1-6-14(4)23-20-24-18(17-19(25-20)27(12-22-17)13(2)3)26(5)11-15-7-9-16(21)10-8-15/h7-10,12-14H,6,11H2,1-5H3,(H,23,24,25)/t14-/m0/s1. The highest BCUT2D eigenvalue weighted by Gasteiger charge is 2.18. The lowest BCUT2D eigenvalue weighted by Crippen LogP contribution is -2.21. The molecule has 0 bridgehead atoms. The smallest absolute Gasteiger partial charge is 0.227 e. The Hall–Kier alpha value is -2.70. The Balaban J connectivity index is 2.02. The molecule has 0 saturated carbocycles. The first-order chi connectivity index (χ1) is 12.9. The largest absolute Gasteiger partial charge is 0.353 e. The van der Waals surface area contributed by atoms with Gasteiger partial charge in [-0.1, -0.05) is 19.1 Å². The second-order valence-corrected chi connectivity index (χ2v) is 7.22. The highest BCUT2D eigenvalue weighted by molar-refractivity contribution is 5.85. The van der Waals surface area contributed by atoms with E-state index in [0.29, 0.717) is 12.5 Å². The van der Waals surface area contributed by atoms with Gasteiger partial charge in [-0.3, -0.25) is 0 Å². The van der Waals surface area contributed by atoms with Gasteiger partial charge in [0.15, 0.2) is 17.0 Å². The number of aromatic nitrogens is 4. The first-order valence-electron chi connectivity index (χ1n) is 9.35. The minimum absolute atomic E-state index is 0.235. The molecule has 7 heteroatoms. The van der Waals surface area contributed by atoms with Crippen LogP contribution in [0.25, 0.3) is 11.2 Å². The SMILES string of the molecule is CC[C@H](C)Nc1nc(N(C)Cc2ccc(F)cc2)c2ncn(C(C)C)c2n1. The van der Waals surface area contributed by atoms with Crippen LogP contribution in [0.2, 0.25) is 0 Å². The van der Waals surface area contributed by atoms with E-state index in [4.69, 9.17) is 9.97 Å². The molecule has 144 valence electrons. The Morgan fingerprint density at radius 3 is 2.48 bits per heavy atom. The van der Waals surface area contributed by atoms with Crippen LogP contribution in [0.3, 0.4) is 0 Å². The Morgan fingerprint density at radius 2 is 1.85 bits per heavy atom. The molecule has 0 aliphatic carbocycles. The van der Waals surface area contributed by atoms with Gasteiger partial charge in [0.25, 0.3) is 0 Å². The summed E-state index contributed by atoms with van der Waals surface area (Å²) >= 11 is 0. The highest BCUT2D eigenvalue weighted by atomic mass is 19.1. The van der Waals surface area contributed by atoms with E-state index >= 15 is 0 Å². The van der Waals surface area contributed by atoms with Crippen LogP contribution in [0.15, 0.2) is 30.6 Å². The lowest BCUT2D eigenvalue weighted by molar-refractivity contribution is 0.612. The highest BCUT2D eigenvalue weighted by Crippen LogP contribution is 2.27. The third-order valence-corrected chi connectivity index (χ3v) is 4.64. The quantitative estimate of drug-likeness (QED) is 0.668. The summed E-state index contributed by atoms with van der Waals surface area (Å²) in [7, 11) is 1.96. The number of rotatable bonds is 7. The van der Waals surface area contributed by atoms with Crippen molar-refractivity contribution < 1.29 is 4.39 Å². The van der Waals surface area contributed by atoms with Gasteiger partial charge in [0.05, 0.1) is 6.33 Å². The Kier molecular flexibility index (Phi) is 5.58. The fourth-order valence-electron chi connectivity index (χ4n) is 2.87. The van der Waals surface area contributed by atoms with Crippen LogP contribution < -0.4 is 10.2 Å². The molecule has 2 aromatic heterocycles. The van der Waals surface area contributed by atoms with Crippen LogP contribution in [-0.4, -0.2) is 32.6 Å². The summed E-state index contributed by atoms with van der Waals surface area (Å²) in [6, 6.07) is 7.04. The lowest BCUT2D eigenvalue weighted by Gasteiger charge is -2.21. The number of halogens is 1. The molecule has 0 radical (unpaired) electrons. The molecule has 0 unspecified atom stereocenters. The van der Waals surface area contributed by atoms with E-state index in [1.807, 2.05) is 22.8 Å². The van der Waals surface area contributed by atoms with E-state index in [-0.39, 0.29) is 17.9 Å². The van der Waals surface area contributed by atoms with Crippen molar-refractivity contribution in [2.24, 2.45) is 0 Å². The first kappa shape index (κ1) is 19.1. The summed E-state index contributed by atoms with van der Waals surface area (Å²) in [6.07, 6.45) is 2.79. The van der Waals surface area contributed by atoms with E-state index in [0.717, 1.165) is 29.0 Å². The van der Waals surface area contributed by atoms with Crippen LogP contribution in [-0.2, 0) is 6.54 Å². The van der Waals surface area contributed by atoms with Crippen LogP contribution in [0, 0.1) is 5.82 Å². The molecule has 3 rings (SSSR count). The summed E-state index contributed by atoms with van der Waals surface area (Å²) in [5.74, 6) is 1.12. The molecule has 2 heterocycles. The number of imidazole rings is 1. The number of benzene rings is 1. The van der Waals surface area contributed by atoms with Gasteiger partial charge in [0.2, 0.25) is 5.95 Å². The van der Waals surface area contributed by atoms with Crippen molar-refractivity contribution in [2.75, 3.05) is 17.3 Å². The van der Waals surface area contributed by atoms with Crippen molar-refractivity contribution in [1.82, 2.24) is 19.5 Å². The minimum Gasteiger partial charge on any atom is -0.353 e. The second kappa shape index (κ2) is 7.90. The summed E-state index contributed by atoms with van der Waals surface area (Å²) in [5, 5.41) is 3.37. The summed E-state index contributed by atoms with van der Waals surface area (Å²) in [5.41, 5.74) is 2.58. The number of nitrogens with zero attached hydrogens (tertiary/aromatic N) is 5. The number of hydrogen-bond acceptors (Lipinski definition) is 5. The molecule has 0 aliphatic rings. The zero-order chi connectivity index (χ0) is 19.6. The topological polar surface area (TPSA) is 58.9 Å². The maximum atomic E-state index is 13.2. The zero-order valence-corrected chi connectivity index (χ0v) is 16.6. The molecule has 27 heavy (non-hydrogen) atoms. The van der Waals surface area contributed by atoms with Gasteiger partial charge >= 0.3 is 0 Å². The average Bonchev–Trinajstić information content (AvgIpc) is 3.07. The summed E-state index contributed by atoms with van der Waals surface area (Å²) < 4.78 is 15.2. The van der Waals surface area contributed by atoms with Crippen LogP contribution in [0.1, 0.15) is 45.7 Å². The van der Waals surface area contributed by atoms with Crippen LogP contribution in [0.5, 0.6) is 0 Å². The molecule has 0 saturated heterocycles. The predicted molar refractivity (Wildman–Crippen MR) is 108 cm³/mol. The predicted octanol–water partition coefficient (Wildman–Crippen LogP) is 4.39. The van der Waals surface area contributed by atoms with E-state index < -0.39 is 0 Å². The van der Waals surface area contributed by atoms with Gasteiger partial charge < -0.3 is 14.8 Å². The fourth-order valence-corrected chi connectivity index (χ4v) is 2.87. The average molecular weight is 370 g/mol. The van der Waals surface area contributed by atoms with Crippen LogP contribution in [0.4, 0.5) is 16.2 Å². The molecule has 0 fully saturated rings. The minimum atomic E-state index is -0.235. The number of fused-ring (bicyclic) bond motifs is 1. The summed E-state index contributed by atoms with van der Waals surface area (Å²) in [6.45, 7) is 9.04. The van der Waals surface area contributed by atoms with Crippen LogP contribution >= 0.6 is 0 Å². The van der Waals surface area contributed by atoms with Crippen molar-refractivity contribution in [2.45, 2.75) is 52.7 Å². The van der Waals surface area contributed by atoms with E-state index in [1.54, 1.807) is 12.1 Å². The maximum Gasteiger partial charge on any atom is 0.227 e. The van der Waals surface area contributed by atoms with E-state index in [1.165, 1.54) is 12.1 Å². The molecule has 1 atom stereocenters. The van der Waals surface area contributed by atoms with Crippen molar-refractivity contribution in [3.8, 4) is 0 Å². The molecular formula is C20H27FN6. The molecule has 0 amide bonds. The molecule has 1 aromatic carbocycles. The monoisotopic (exact) mass is 370 g/mol.